The summed E-state index contributed by atoms with van der Waals surface area (Å²) in [5, 5.41) is 3.17. The number of ether oxygens (including phenoxy) is 1. The number of hydrogen-bond acceptors (Lipinski definition) is 4. The van der Waals surface area contributed by atoms with Crippen molar-refractivity contribution >= 4 is 5.91 Å². The number of carbonyl (C=O) groups is 1. The molecule has 0 aliphatic carbocycles. The van der Waals surface area contributed by atoms with Gasteiger partial charge in [-0.1, -0.05) is 0 Å². The van der Waals surface area contributed by atoms with E-state index in [4.69, 9.17) is 10.5 Å². The summed E-state index contributed by atoms with van der Waals surface area (Å²) in [7, 11) is 0. The van der Waals surface area contributed by atoms with Crippen molar-refractivity contribution in [3.05, 3.63) is 0 Å². The third-order valence-electron chi connectivity index (χ3n) is 3.91. The lowest BCUT2D eigenvalue weighted by Gasteiger charge is -2.33. The average Bonchev–Trinajstić information content (AvgIpc) is 2.42. The maximum absolute atomic E-state index is 12.0. The van der Waals surface area contributed by atoms with E-state index in [9.17, 15) is 4.79 Å². The Hall–Kier alpha value is -0.650. The molecule has 2 aliphatic heterocycles. The first kappa shape index (κ1) is 13.8. The summed E-state index contributed by atoms with van der Waals surface area (Å²) in [6.45, 7) is 5.18. The molecular formula is C13H25N3O2. The van der Waals surface area contributed by atoms with E-state index in [1.54, 1.807) is 0 Å². The van der Waals surface area contributed by atoms with Gasteiger partial charge in [-0.15, -0.1) is 0 Å². The quantitative estimate of drug-likeness (QED) is 0.739. The van der Waals surface area contributed by atoms with Crippen molar-refractivity contribution in [2.75, 3.05) is 39.4 Å². The molecule has 3 N–H and O–H groups in total. The molecule has 0 saturated carbocycles. The zero-order valence-electron chi connectivity index (χ0n) is 11.1. The van der Waals surface area contributed by atoms with Crippen LogP contribution in [0.5, 0.6) is 0 Å². The number of carbonyl (C=O) groups excluding carboxylic acids is 1. The van der Waals surface area contributed by atoms with Crippen LogP contribution in [0.1, 0.15) is 25.7 Å². The van der Waals surface area contributed by atoms with Gasteiger partial charge in [-0.05, 0) is 25.7 Å². The van der Waals surface area contributed by atoms with Crippen molar-refractivity contribution in [3.63, 3.8) is 0 Å². The second-order valence-corrected chi connectivity index (χ2v) is 5.33. The minimum absolute atomic E-state index is 0.0702. The second kappa shape index (κ2) is 7.07. The van der Waals surface area contributed by atoms with Gasteiger partial charge in [0.2, 0.25) is 5.91 Å². The molecule has 2 saturated heterocycles. The highest BCUT2D eigenvalue weighted by molar-refractivity contribution is 5.79. The van der Waals surface area contributed by atoms with E-state index in [1.165, 1.54) is 0 Å². The van der Waals surface area contributed by atoms with Crippen molar-refractivity contribution in [1.82, 2.24) is 10.2 Å². The van der Waals surface area contributed by atoms with Crippen LogP contribution < -0.4 is 11.1 Å². The summed E-state index contributed by atoms with van der Waals surface area (Å²) in [4.78, 5) is 14.4. The summed E-state index contributed by atoms with van der Waals surface area (Å²) < 4.78 is 5.36. The summed E-state index contributed by atoms with van der Waals surface area (Å²) in [6.07, 6.45) is 4.06. The van der Waals surface area contributed by atoms with Gasteiger partial charge in [0.15, 0.2) is 0 Å². The Morgan fingerprint density at radius 1 is 1.33 bits per heavy atom. The number of piperidine rings is 1. The Bertz CT molecular complexity index is 259. The van der Waals surface area contributed by atoms with Gasteiger partial charge in [0, 0.05) is 38.8 Å². The highest BCUT2D eigenvalue weighted by Crippen LogP contribution is 2.15. The van der Waals surface area contributed by atoms with Crippen molar-refractivity contribution in [2.45, 2.75) is 31.7 Å². The monoisotopic (exact) mass is 255 g/mol. The predicted octanol–water partition coefficient (Wildman–Crippen LogP) is -0.0477. The normalized spacial score (nSPS) is 27.1. The molecule has 0 aromatic heterocycles. The summed E-state index contributed by atoms with van der Waals surface area (Å²) >= 11 is 0. The first-order valence-electron chi connectivity index (χ1n) is 7.10. The molecule has 5 heteroatoms. The standard InChI is InChI=1S/C13H25N3O2/c14-5-8-16-6-3-12(4-7-16)15-13(17)11-2-1-9-18-10-11/h11-12H,1-10,14H2,(H,15,17). The zero-order chi connectivity index (χ0) is 12.8. The van der Waals surface area contributed by atoms with Crippen LogP contribution in [-0.4, -0.2) is 56.2 Å². The number of likely N-dealkylation sites (tertiary alicyclic amines) is 1. The van der Waals surface area contributed by atoms with Crippen molar-refractivity contribution < 1.29 is 9.53 Å². The van der Waals surface area contributed by atoms with Crippen LogP contribution in [-0.2, 0) is 9.53 Å². The number of nitrogens with two attached hydrogens (primary N) is 1. The average molecular weight is 255 g/mol. The Morgan fingerprint density at radius 2 is 2.11 bits per heavy atom. The van der Waals surface area contributed by atoms with Crippen LogP contribution in [0, 0.1) is 5.92 Å². The molecule has 0 spiro atoms. The predicted molar refractivity (Wildman–Crippen MR) is 70.2 cm³/mol. The van der Waals surface area contributed by atoms with Crippen LogP contribution in [0.25, 0.3) is 0 Å². The minimum atomic E-state index is 0.0702. The van der Waals surface area contributed by atoms with Gasteiger partial charge in [-0.25, -0.2) is 0 Å². The van der Waals surface area contributed by atoms with E-state index in [0.717, 1.165) is 58.5 Å². The topological polar surface area (TPSA) is 67.6 Å². The molecule has 0 bridgehead atoms. The summed E-state index contributed by atoms with van der Waals surface area (Å²) in [5.41, 5.74) is 5.55. The van der Waals surface area contributed by atoms with Crippen LogP contribution >= 0.6 is 0 Å². The van der Waals surface area contributed by atoms with E-state index >= 15 is 0 Å². The van der Waals surface area contributed by atoms with Crippen LogP contribution in [0.15, 0.2) is 0 Å². The lowest BCUT2D eigenvalue weighted by molar-refractivity contribution is -0.130. The Morgan fingerprint density at radius 3 is 2.72 bits per heavy atom. The first-order chi connectivity index (χ1) is 8.79. The molecule has 104 valence electrons. The molecule has 2 heterocycles. The fourth-order valence-electron chi connectivity index (χ4n) is 2.75. The number of amides is 1. The summed E-state index contributed by atoms with van der Waals surface area (Å²) in [6, 6.07) is 0.341. The molecule has 2 aliphatic rings. The van der Waals surface area contributed by atoms with Gasteiger partial charge in [-0.3, -0.25) is 4.79 Å². The molecule has 0 aromatic carbocycles. The SMILES string of the molecule is NCCN1CCC(NC(=O)C2CCCOC2)CC1. The van der Waals surface area contributed by atoms with Crippen molar-refractivity contribution in [2.24, 2.45) is 11.7 Å². The molecule has 2 rings (SSSR count). The number of rotatable bonds is 4. The van der Waals surface area contributed by atoms with Crippen LogP contribution in [0.2, 0.25) is 0 Å². The number of nitrogens with zero attached hydrogens (tertiary/aromatic N) is 1. The first-order valence-corrected chi connectivity index (χ1v) is 7.10. The zero-order valence-corrected chi connectivity index (χ0v) is 11.1. The second-order valence-electron chi connectivity index (χ2n) is 5.33. The molecular weight excluding hydrogens is 230 g/mol. The van der Waals surface area contributed by atoms with Gasteiger partial charge >= 0.3 is 0 Å². The highest BCUT2D eigenvalue weighted by atomic mass is 16.5. The van der Waals surface area contributed by atoms with Crippen molar-refractivity contribution in [1.29, 1.82) is 0 Å². The van der Waals surface area contributed by atoms with Gasteiger partial charge in [0.25, 0.3) is 0 Å². The Balaban J connectivity index is 1.68. The van der Waals surface area contributed by atoms with Gasteiger partial charge in [-0.2, -0.15) is 0 Å². The lowest BCUT2D eigenvalue weighted by Crippen LogP contribution is -2.48. The molecule has 0 aromatic rings. The molecule has 18 heavy (non-hydrogen) atoms. The molecule has 1 unspecified atom stereocenters. The van der Waals surface area contributed by atoms with Crippen LogP contribution in [0.4, 0.5) is 0 Å². The van der Waals surface area contributed by atoms with Crippen LogP contribution in [0.3, 0.4) is 0 Å². The lowest BCUT2D eigenvalue weighted by atomic mass is 9.99. The number of nitrogens with one attached hydrogen (secondary N) is 1. The smallest absolute Gasteiger partial charge is 0.225 e. The molecule has 0 radical (unpaired) electrons. The van der Waals surface area contributed by atoms with Gasteiger partial charge in [0.05, 0.1) is 12.5 Å². The van der Waals surface area contributed by atoms with E-state index in [1.807, 2.05) is 0 Å². The fourth-order valence-corrected chi connectivity index (χ4v) is 2.75. The minimum Gasteiger partial charge on any atom is -0.381 e. The maximum atomic E-state index is 12.0. The van der Waals surface area contributed by atoms with E-state index < -0.39 is 0 Å². The maximum Gasteiger partial charge on any atom is 0.225 e. The Kier molecular flexibility index (Phi) is 5.41. The Labute approximate surface area is 109 Å². The number of hydrogen-bond donors (Lipinski definition) is 2. The van der Waals surface area contributed by atoms with E-state index in [2.05, 4.69) is 10.2 Å². The van der Waals surface area contributed by atoms with E-state index in [0.29, 0.717) is 12.6 Å². The van der Waals surface area contributed by atoms with Gasteiger partial charge in [0.1, 0.15) is 0 Å². The molecule has 1 amide bonds. The van der Waals surface area contributed by atoms with Gasteiger partial charge < -0.3 is 20.7 Å². The highest BCUT2D eigenvalue weighted by Gasteiger charge is 2.25. The summed E-state index contributed by atoms with van der Waals surface area (Å²) in [5.74, 6) is 0.257. The largest absolute Gasteiger partial charge is 0.381 e. The third-order valence-corrected chi connectivity index (χ3v) is 3.91. The molecule has 1 atom stereocenters. The third kappa shape index (κ3) is 3.93. The van der Waals surface area contributed by atoms with E-state index in [-0.39, 0.29) is 11.8 Å². The molecule has 5 nitrogen and oxygen atoms in total. The molecule has 2 fully saturated rings. The fraction of sp³-hybridized carbons (Fsp3) is 0.923. The van der Waals surface area contributed by atoms with Crippen molar-refractivity contribution in [3.8, 4) is 0 Å².